The number of fused-ring (bicyclic) bond motifs is 6. The van der Waals surface area contributed by atoms with Crippen LogP contribution in [-0.4, -0.2) is 9.97 Å². The van der Waals surface area contributed by atoms with Crippen LogP contribution in [0.1, 0.15) is 22.3 Å². The molecule has 284 valence electrons. The van der Waals surface area contributed by atoms with Crippen molar-refractivity contribution in [2.75, 3.05) is 0 Å². The van der Waals surface area contributed by atoms with Crippen LogP contribution >= 0.6 is 0 Å². The lowest BCUT2D eigenvalue weighted by Gasteiger charge is -2.34. The summed E-state index contributed by atoms with van der Waals surface area (Å²) in [6.07, 6.45) is 0. The van der Waals surface area contributed by atoms with Crippen molar-refractivity contribution in [3.05, 3.63) is 253 Å². The number of rotatable bonds is 6. The molecule has 11 aromatic rings. The lowest BCUT2D eigenvalue weighted by molar-refractivity contribution is 0.770. The number of nitrogens with zero attached hydrogens (tertiary/aromatic N) is 2. The van der Waals surface area contributed by atoms with Gasteiger partial charge in [0.1, 0.15) is 0 Å². The van der Waals surface area contributed by atoms with Gasteiger partial charge in [-0.1, -0.05) is 200 Å². The van der Waals surface area contributed by atoms with E-state index in [0.717, 1.165) is 38.9 Å². The maximum atomic E-state index is 5.37. The minimum Gasteiger partial charge on any atom is -0.228 e. The Labute approximate surface area is 355 Å². The summed E-state index contributed by atoms with van der Waals surface area (Å²) in [5.41, 5.74) is 14.4. The van der Waals surface area contributed by atoms with E-state index in [1.54, 1.807) is 0 Å². The van der Waals surface area contributed by atoms with E-state index < -0.39 is 5.41 Å². The Balaban J connectivity index is 1.08. The molecule has 0 fully saturated rings. The van der Waals surface area contributed by atoms with Crippen molar-refractivity contribution in [2.45, 2.75) is 5.41 Å². The highest BCUT2D eigenvalue weighted by Crippen LogP contribution is 2.57. The van der Waals surface area contributed by atoms with Crippen LogP contribution in [0.3, 0.4) is 0 Å². The lowest BCUT2D eigenvalue weighted by Crippen LogP contribution is -2.28. The molecular weight excluding hydrogens is 737 g/mol. The second-order valence-corrected chi connectivity index (χ2v) is 16.0. The molecule has 0 saturated carbocycles. The van der Waals surface area contributed by atoms with Gasteiger partial charge < -0.3 is 0 Å². The van der Waals surface area contributed by atoms with Crippen molar-refractivity contribution >= 4 is 32.3 Å². The zero-order chi connectivity index (χ0) is 40.3. The number of hydrogen-bond donors (Lipinski definition) is 0. The molecule has 61 heavy (non-hydrogen) atoms. The molecule has 2 heteroatoms. The standard InChI is InChI=1S/C59H38N2/c1-4-18-40(19-5-1)56-38-57(51-30-16-22-39-17-12-13-27-46(39)51)61-58(60-56)52-34-33-47(48-28-14-15-29-49(48)52)43-31-32-50-53-35-41-20-10-11-21-42(41)36-55(53)59(54(50)37-43,44-23-6-2-7-24-44)45-25-8-3-9-26-45/h1-38H. The van der Waals surface area contributed by atoms with Crippen molar-refractivity contribution in [1.29, 1.82) is 0 Å². The molecule has 1 aliphatic rings. The van der Waals surface area contributed by atoms with E-state index in [1.165, 1.54) is 66.1 Å². The second kappa shape index (κ2) is 14.1. The van der Waals surface area contributed by atoms with Gasteiger partial charge in [0, 0.05) is 16.7 Å². The van der Waals surface area contributed by atoms with E-state index >= 15 is 0 Å². The fourth-order valence-corrected chi connectivity index (χ4v) is 10.00. The molecule has 0 amide bonds. The zero-order valence-corrected chi connectivity index (χ0v) is 33.3. The zero-order valence-electron chi connectivity index (χ0n) is 33.3. The molecule has 0 unspecified atom stereocenters. The number of benzene rings is 10. The number of aromatic nitrogens is 2. The predicted molar refractivity (Wildman–Crippen MR) is 254 cm³/mol. The molecule has 1 aliphatic carbocycles. The molecule has 0 bridgehead atoms. The van der Waals surface area contributed by atoms with Crippen molar-refractivity contribution in [3.8, 4) is 56.2 Å². The van der Waals surface area contributed by atoms with E-state index in [-0.39, 0.29) is 0 Å². The van der Waals surface area contributed by atoms with Gasteiger partial charge in [-0.05, 0) is 107 Å². The summed E-state index contributed by atoms with van der Waals surface area (Å²) in [5.74, 6) is 0.704. The normalized spacial score (nSPS) is 12.7. The molecule has 0 radical (unpaired) electrons. The maximum absolute atomic E-state index is 5.37. The molecule has 10 aromatic carbocycles. The highest BCUT2D eigenvalue weighted by Gasteiger charge is 2.46. The fourth-order valence-electron chi connectivity index (χ4n) is 10.00. The van der Waals surface area contributed by atoms with E-state index in [4.69, 9.17) is 9.97 Å². The van der Waals surface area contributed by atoms with Gasteiger partial charge in [-0.3, -0.25) is 0 Å². The molecule has 0 aliphatic heterocycles. The van der Waals surface area contributed by atoms with Crippen LogP contribution in [-0.2, 0) is 5.41 Å². The summed E-state index contributed by atoms with van der Waals surface area (Å²) in [6.45, 7) is 0. The Morgan fingerprint density at radius 2 is 0.803 bits per heavy atom. The molecule has 0 N–H and O–H groups in total. The quantitative estimate of drug-likeness (QED) is 0.168. The lowest BCUT2D eigenvalue weighted by atomic mass is 9.67. The average Bonchev–Trinajstić information content (AvgIpc) is 3.62. The third-order valence-corrected chi connectivity index (χ3v) is 12.8. The Bertz CT molecular complexity index is 3420. The SMILES string of the molecule is c1ccc(-c2cc(-c3cccc4ccccc34)nc(-c3ccc(-c4ccc5c(c4)C(c4ccccc4)(c4ccccc4)c4cc6ccccc6cc4-5)c4ccccc34)n2)cc1. The summed E-state index contributed by atoms with van der Waals surface area (Å²) in [4.78, 5) is 10.7. The van der Waals surface area contributed by atoms with Crippen molar-refractivity contribution in [1.82, 2.24) is 9.97 Å². The highest BCUT2D eigenvalue weighted by atomic mass is 14.9. The van der Waals surface area contributed by atoms with Gasteiger partial charge in [-0.15, -0.1) is 0 Å². The summed E-state index contributed by atoms with van der Waals surface area (Å²) < 4.78 is 0. The topological polar surface area (TPSA) is 25.8 Å². The average molecular weight is 775 g/mol. The van der Waals surface area contributed by atoms with Gasteiger partial charge in [-0.2, -0.15) is 0 Å². The molecule has 2 nitrogen and oxygen atoms in total. The smallest absolute Gasteiger partial charge is 0.161 e. The fraction of sp³-hybridized carbons (Fsp3) is 0.0169. The third kappa shape index (κ3) is 5.57. The first kappa shape index (κ1) is 35.0. The highest BCUT2D eigenvalue weighted by molar-refractivity contribution is 6.06. The van der Waals surface area contributed by atoms with Crippen molar-refractivity contribution < 1.29 is 0 Å². The minimum atomic E-state index is -0.521. The summed E-state index contributed by atoms with van der Waals surface area (Å²) >= 11 is 0. The van der Waals surface area contributed by atoms with Gasteiger partial charge >= 0.3 is 0 Å². The second-order valence-electron chi connectivity index (χ2n) is 16.0. The van der Waals surface area contributed by atoms with E-state index in [2.05, 4.69) is 224 Å². The molecule has 12 rings (SSSR count). The van der Waals surface area contributed by atoms with Crippen LogP contribution < -0.4 is 0 Å². The van der Waals surface area contributed by atoms with Crippen LogP contribution in [0.4, 0.5) is 0 Å². The predicted octanol–water partition coefficient (Wildman–Crippen LogP) is 15.0. The Morgan fingerprint density at radius 1 is 0.279 bits per heavy atom. The molecular formula is C59H38N2. The molecule has 0 atom stereocenters. The van der Waals surface area contributed by atoms with Crippen LogP contribution in [0, 0.1) is 0 Å². The van der Waals surface area contributed by atoms with Crippen LogP contribution in [0.15, 0.2) is 231 Å². The Hall–Kier alpha value is -7.94. The van der Waals surface area contributed by atoms with E-state index in [0.29, 0.717) is 5.82 Å². The van der Waals surface area contributed by atoms with Crippen molar-refractivity contribution in [3.63, 3.8) is 0 Å². The first-order valence-electron chi connectivity index (χ1n) is 21.0. The summed E-state index contributed by atoms with van der Waals surface area (Å²) in [6, 6.07) is 83.7. The molecule has 0 saturated heterocycles. The van der Waals surface area contributed by atoms with Gasteiger partial charge in [0.05, 0.1) is 16.8 Å². The number of hydrogen-bond acceptors (Lipinski definition) is 2. The van der Waals surface area contributed by atoms with Gasteiger partial charge in [0.25, 0.3) is 0 Å². The van der Waals surface area contributed by atoms with Crippen molar-refractivity contribution in [2.24, 2.45) is 0 Å². The molecule has 1 aromatic heterocycles. The monoisotopic (exact) mass is 774 g/mol. The third-order valence-electron chi connectivity index (χ3n) is 12.8. The van der Waals surface area contributed by atoms with Gasteiger partial charge in [-0.25, -0.2) is 9.97 Å². The van der Waals surface area contributed by atoms with E-state index in [1.807, 2.05) is 6.07 Å². The summed E-state index contributed by atoms with van der Waals surface area (Å²) in [7, 11) is 0. The van der Waals surface area contributed by atoms with Gasteiger partial charge in [0.2, 0.25) is 0 Å². The van der Waals surface area contributed by atoms with Gasteiger partial charge in [0.15, 0.2) is 5.82 Å². The van der Waals surface area contributed by atoms with Crippen LogP contribution in [0.25, 0.3) is 88.5 Å². The maximum Gasteiger partial charge on any atom is 0.161 e. The molecule has 0 spiro atoms. The minimum absolute atomic E-state index is 0.521. The summed E-state index contributed by atoms with van der Waals surface area (Å²) in [5, 5.41) is 7.12. The first-order valence-corrected chi connectivity index (χ1v) is 21.0. The van der Waals surface area contributed by atoms with Crippen LogP contribution in [0.2, 0.25) is 0 Å². The largest absolute Gasteiger partial charge is 0.228 e. The van der Waals surface area contributed by atoms with E-state index in [9.17, 15) is 0 Å². The van der Waals surface area contributed by atoms with Crippen LogP contribution in [0.5, 0.6) is 0 Å². The first-order chi connectivity index (χ1) is 30.2. The molecule has 1 heterocycles. The Morgan fingerprint density at radius 3 is 1.52 bits per heavy atom. The Kier molecular flexibility index (Phi) is 8.11.